The Hall–Kier alpha value is -0.860. The zero-order valence-electron chi connectivity index (χ0n) is 12.8. The van der Waals surface area contributed by atoms with Crippen molar-refractivity contribution in [3.63, 3.8) is 0 Å². The van der Waals surface area contributed by atoms with Crippen molar-refractivity contribution in [3.8, 4) is 0 Å². The van der Waals surface area contributed by atoms with Gasteiger partial charge < -0.3 is 5.32 Å². The van der Waals surface area contributed by atoms with Gasteiger partial charge in [0.05, 0.1) is 0 Å². The van der Waals surface area contributed by atoms with E-state index in [-0.39, 0.29) is 0 Å². The zero-order chi connectivity index (χ0) is 13.8. The molecule has 1 aliphatic heterocycles. The van der Waals surface area contributed by atoms with Gasteiger partial charge in [0.15, 0.2) is 0 Å². The van der Waals surface area contributed by atoms with E-state index in [1.807, 2.05) is 0 Å². The molecule has 1 unspecified atom stereocenters. The fourth-order valence-corrected chi connectivity index (χ4v) is 3.60. The molecule has 0 aromatic heterocycles. The molecule has 0 spiro atoms. The lowest BCUT2D eigenvalue weighted by Gasteiger charge is -2.36. The van der Waals surface area contributed by atoms with Crippen molar-refractivity contribution in [1.29, 1.82) is 0 Å². The number of benzene rings is 1. The average Bonchev–Trinajstić information content (AvgIpc) is 3.32. The number of piperidine rings is 1. The van der Waals surface area contributed by atoms with Crippen molar-refractivity contribution >= 4 is 0 Å². The minimum Gasteiger partial charge on any atom is -0.320 e. The second-order valence-corrected chi connectivity index (χ2v) is 6.49. The fourth-order valence-electron chi connectivity index (χ4n) is 3.60. The molecule has 110 valence electrons. The largest absolute Gasteiger partial charge is 0.320 e. The van der Waals surface area contributed by atoms with Crippen LogP contribution in [0.2, 0.25) is 0 Å². The van der Waals surface area contributed by atoms with Gasteiger partial charge in [0, 0.05) is 12.6 Å². The molecule has 1 aliphatic carbocycles. The first-order chi connectivity index (χ1) is 9.88. The number of hydrogen-bond acceptors (Lipinski definition) is 2. The SMILES string of the molecule is CNCCC1CCCCN1Cc1ccccc1C1CC1. The molecule has 3 rings (SSSR count). The number of likely N-dealkylation sites (tertiary alicyclic amines) is 1. The lowest BCUT2D eigenvalue weighted by Crippen LogP contribution is -2.40. The van der Waals surface area contributed by atoms with E-state index in [0.717, 1.165) is 18.5 Å². The molecule has 1 heterocycles. The Morgan fingerprint density at radius 2 is 2.00 bits per heavy atom. The van der Waals surface area contributed by atoms with Gasteiger partial charge in [-0.1, -0.05) is 30.7 Å². The Balaban J connectivity index is 1.68. The summed E-state index contributed by atoms with van der Waals surface area (Å²) < 4.78 is 0. The molecular weight excluding hydrogens is 244 g/mol. The number of rotatable bonds is 6. The summed E-state index contributed by atoms with van der Waals surface area (Å²) in [6.45, 7) is 3.60. The zero-order valence-corrected chi connectivity index (χ0v) is 12.8. The molecule has 1 saturated carbocycles. The third-order valence-electron chi connectivity index (χ3n) is 4.92. The van der Waals surface area contributed by atoms with Crippen LogP contribution in [0.5, 0.6) is 0 Å². The maximum Gasteiger partial charge on any atom is 0.0239 e. The molecular formula is C18H28N2. The van der Waals surface area contributed by atoms with Crippen LogP contribution in [-0.2, 0) is 6.54 Å². The van der Waals surface area contributed by atoms with E-state index < -0.39 is 0 Å². The molecule has 0 radical (unpaired) electrons. The van der Waals surface area contributed by atoms with Crippen molar-refractivity contribution in [1.82, 2.24) is 10.2 Å². The second-order valence-electron chi connectivity index (χ2n) is 6.49. The molecule has 20 heavy (non-hydrogen) atoms. The maximum absolute atomic E-state index is 3.31. The van der Waals surface area contributed by atoms with Crippen LogP contribution in [0.3, 0.4) is 0 Å². The van der Waals surface area contributed by atoms with Crippen LogP contribution < -0.4 is 5.32 Å². The van der Waals surface area contributed by atoms with Crippen LogP contribution >= 0.6 is 0 Å². The fraction of sp³-hybridized carbons (Fsp3) is 0.667. The Labute approximate surface area is 123 Å². The monoisotopic (exact) mass is 272 g/mol. The van der Waals surface area contributed by atoms with Crippen LogP contribution in [0, 0.1) is 0 Å². The van der Waals surface area contributed by atoms with Gasteiger partial charge in [-0.05, 0) is 69.3 Å². The summed E-state index contributed by atoms with van der Waals surface area (Å²) in [7, 11) is 2.07. The lowest BCUT2D eigenvalue weighted by molar-refractivity contribution is 0.132. The van der Waals surface area contributed by atoms with Gasteiger partial charge in [-0.2, -0.15) is 0 Å². The first kappa shape index (κ1) is 14.1. The predicted octanol–water partition coefficient (Wildman–Crippen LogP) is 3.53. The smallest absolute Gasteiger partial charge is 0.0239 e. The van der Waals surface area contributed by atoms with Gasteiger partial charge in [-0.25, -0.2) is 0 Å². The Bertz CT molecular complexity index is 425. The summed E-state index contributed by atoms with van der Waals surface area (Å²) >= 11 is 0. The third kappa shape index (κ3) is 3.42. The Morgan fingerprint density at radius 1 is 1.15 bits per heavy atom. The summed E-state index contributed by atoms with van der Waals surface area (Å²) in [4.78, 5) is 2.74. The van der Waals surface area contributed by atoms with Crippen molar-refractivity contribution in [2.45, 2.75) is 57.0 Å². The van der Waals surface area contributed by atoms with E-state index in [2.05, 4.69) is 41.5 Å². The van der Waals surface area contributed by atoms with Gasteiger partial charge in [0.2, 0.25) is 0 Å². The van der Waals surface area contributed by atoms with Crippen LogP contribution in [0.4, 0.5) is 0 Å². The minimum absolute atomic E-state index is 0.781. The van der Waals surface area contributed by atoms with Gasteiger partial charge >= 0.3 is 0 Å². The molecule has 1 aromatic carbocycles. The molecule has 0 amide bonds. The first-order valence-corrected chi connectivity index (χ1v) is 8.35. The summed E-state index contributed by atoms with van der Waals surface area (Å²) in [5.74, 6) is 0.867. The predicted molar refractivity (Wildman–Crippen MR) is 85.0 cm³/mol. The van der Waals surface area contributed by atoms with Gasteiger partial charge in [0.1, 0.15) is 0 Å². The molecule has 1 N–H and O–H groups in total. The lowest BCUT2D eigenvalue weighted by atomic mass is 9.96. The van der Waals surface area contributed by atoms with Crippen molar-refractivity contribution in [3.05, 3.63) is 35.4 Å². The highest BCUT2D eigenvalue weighted by molar-refractivity contribution is 5.33. The second kappa shape index (κ2) is 6.73. The Kier molecular flexibility index (Phi) is 4.74. The third-order valence-corrected chi connectivity index (χ3v) is 4.92. The molecule has 2 aliphatic rings. The maximum atomic E-state index is 3.31. The minimum atomic E-state index is 0.781. The highest BCUT2D eigenvalue weighted by Gasteiger charge is 2.28. The van der Waals surface area contributed by atoms with Crippen LogP contribution in [-0.4, -0.2) is 31.1 Å². The van der Waals surface area contributed by atoms with E-state index in [9.17, 15) is 0 Å². The van der Waals surface area contributed by atoms with E-state index in [0.29, 0.717) is 0 Å². The quantitative estimate of drug-likeness (QED) is 0.852. The summed E-state index contributed by atoms with van der Waals surface area (Å²) in [6, 6.07) is 9.93. The molecule has 2 fully saturated rings. The van der Waals surface area contributed by atoms with Gasteiger partial charge in [-0.3, -0.25) is 4.90 Å². The molecule has 1 aromatic rings. The molecule has 1 atom stereocenters. The first-order valence-electron chi connectivity index (χ1n) is 8.35. The van der Waals surface area contributed by atoms with Crippen LogP contribution in [0.25, 0.3) is 0 Å². The highest BCUT2D eigenvalue weighted by Crippen LogP contribution is 2.42. The molecule has 1 saturated heterocycles. The molecule has 2 heteroatoms. The number of hydrogen-bond donors (Lipinski definition) is 1. The van der Waals surface area contributed by atoms with Crippen LogP contribution in [0.1, 0.15) is 55.6 Å². The van der Waals surface area contributed by atoms with E-state index in [4.69, 9.17) is 0 Å². The van der Waals surface area contributed by atoms with E-state index in [1.165, 1.54) is 51.6 Å². The van der Waals surface area contributed by atoms with Gasteiger partial charge in [-0.15, -0.1) is 0 Å². The highest BCUT2D eigenvalue weighted by atomic mass is 15.2. The summed E-state index contributed by atoms with van der Waals surface area (Å²) in [5, 5.41) is 3.31. The van der Waals surface area contributed by atoms with Crippen LogP contribution in [0.15, 0.2) is 24.3 Å². The normalized spacial score (nSPS) is 23.9. The summed E-state index contributed by atoms with van der Waals surface area (Å²) in [6.07, 6.45) is 8.27. The summed E-state index contributed by atoms with van der Waals surface area (Å²) in [5.41, 5.74) is 3.22. The Morgan fingerprint density at radius 3 is 2.80 bits per heavy atom. The number of nitrogens with one attached hydrogen (secondary N) is 1. The molecule has 0 bridgehead atoms. The van der Waals surface area contributed by atoms with Crippen molar-refractivity contribution in [2.24, 2.45) is 0 Å². The standard InChI is InChI=1S/C18H28N2/c1-19-12-11-17-7-4-5-13-20(17)14-16-6-2-3-8-18(16)15-9-10-15/h2-3,6,8,15,17,19H,4-5,7,9-14H2,1H3. The van der Waals surface area contributed by atoms with Crippen molar-refractivity contribution < 1.29 is 0 Å². The number of nitrogens with zero attached hydrogens (tertiary/aromatic N) is 1. The topological polar surface area (TPSA) is 15.3 Å². The van der Waals surface area contributed by atoms with Gasteiger partial charge in [0.25, 0.3) is 0 Å². The van der Waals surface area contributed by atoms with Crippen molar-refractivity contribution in [2.75, 3.05) is 20.1 Å². The van der Waals surface area contributed by atoms with E-state index >= 15 is 0 Å². The average molecular weight is 272 g/mol. The molecule has 2 nitrogen and oxygen atoms in total. The van der Waals surface area contributed by atoms with E-state index in [1.54, 1.807) is 11.1 Å².